The van der Waals surface area contributed by atoms with Crippen LogP contribution in [0.3, 0.4) is 0 Å². The molecular weight excluding hydrogens is 214 g/mol. The van der Waals surface area contributed by atoms with Gasteiger partial charge in [0.15, 0.2) is 5.84 Å². The third-order valence-corrected chi connectivity index (χ3v) is 2.95. The molecule has 0 aromatic heterocycles. The van der Waals surface area contributed by atoms with Crippen LogP contribution in [0.1, 0.15) is 11.1 Å². The number of hydrogen-bond donors (Lipinski definition) is 2. The first-order valence-corrected chi connectivity index (χ1v) is 5.24. The average molecular weight is 225 g/mol. The number of methoxy groups -OCH3 is 1. The van der Waals surface area contributed by atoms with E-state index in [1.54, 1.807) is 7.11 Å². The Bertz CT molecular complexity index is 674. The summed E-state index contributed by atoms with van der Waals surface area (Å²) in [4.78, 5) is 3.97. The minimum atomic E-state index is 0.224. The van der Waals surface area contributed by atoms with Gasteiger partial charge in [-0.15, -0.1) is 0 Å². The van der Waals surface area contributed by atoms with E-state index >= 15 is 0 Å². The molecule has 0 saturated heterocycles. The number of rotatable bonds is 1. The Hall–Kier alpha value is -2.36. The fraction of sp³-hybridized carbons (Fsp3) is 0.0769. The summed E-state index contributed by atoms with van der Waals surface area (Å²) in [5, 5.41) is 9.83. The van der Waals surface area contributed by atoms with Crippen LogP contribution < -0.4 is 10.5 Å². The first kappa shape index (κ1) is 9.84. The molecule has 1 aliphatic rings. The zero-order valence-electron chi connectivity index (χ0n) is 9.32. The van der Waals surface area contributed by atoms with E-state index in [0.717, 1.165) is 27.6 Å². The number of nitrogens with two attached hydrogens (primary N) is 1. The van der Waals surface area contributed by atoms with Crippen molar-refractivity contribution >= 4 is 22.4 Å². The number of nitrogens with zero attached hydrogens (tertiary/aromatic N) is 1. The Kier molecular flexibility index (Phi) is 1.92. The number of benzene rings is 2. The molecule has 17 heavy (non-hydrogen) atoms. The number of fused-ring (bicyclic) bond motifs is 2. The standard InChI is InChI=1S/C13H11N3O/c1-17-9-3-2-7-5-10-11(6-8(7)4-9)13(15)16-12(10)14/h2-6H,1H3,(H3,14,15,16). The number of aliphatic imine (C=N–C) groups is 1. The smallest absolute Gasteiger partial charge is 0.154 e. The van der Waals surface area contributed by atoms with Gasteiger partial charge in [0.05, 0.1) is 7.11 Å². The molecule has 4 nitrogen and oxygen atoms in total. The van der Waals surface area contributed by atoms with Crippen molar-refractivity contribution in [3.05, 3.63) is 41.5 Å². The van der Waals surface area contributed by atoms with Crippen LogP contribution in [0.15, 0.2) is 35.3 Å². The first-order valence-electron chi connectivity index (χ1n) is 5.24. The van der Waals surface area contributed by atoms with E-state index < -0.39 is 0 Å². The Labute approximate surface area is 98.2 Å². The molecule has 0 saturated carbocycles. The third-order valence-electron chi connectivity index (χ3n) is 2.95. The quantitative estimate of drug-likeness (QED) is 0.778. The van der Waals surface area contributed by atoms with Crippen LogP contribution in [0.5, 0.6) is 5.75 Å². The van der Waals surface area contributed by atoms with Gasteiger partial charge in [-0.2, -0.15) is 0 Å². The summed E-state index contributed by atoms with van der Waals surface area (Å²) in [6, 6.07) is 9.72. The van der Waals surface area contributed by atoms with E-state index in [1.165, 1.54) is 0 Å². The topological polar surface area (TPSA) is 71.5 Å². The highest BCUT2D eigenvalue weighted by molar-refractivity contribution is 6.22. The predicted molar refractivity (Wildman–Crippen MR) is 68.1 cm³/mol. The highest BCUT2D eigenvalue weighted by Gasteiger charge is 2.18. The molecule has 4 heteroatoms. The largest absolute Gasteiger partial charge is 0.497 e. The number of hydrogen-bond acceptors (Lipinski definition) is 3. The van der Waals surface area contributed by atoms with Crippen LogP contribution in [-0.2, 0) is 0 Å². The lowest BCUT2D eigenvalue weighted by molar-refractivity contribution is 0.415. The van der Waals surface area contributed by atoms with Crippen LogP contribution in [0.25, 0.3) is 10.8 Å². The van der Waals surface area contributed by atoms with Gasteiger partial charge in [-0.05, 0) is 35.0 Å². The van der Waals surface area contributed by atoms with Crippen molar-refractivity contribution in [2.75, 3.05) is 7.11 Å². The van der Waals surface area contributed by atoms with Crippen LogP contribution in [0.4, 0.5) is 0 Å². The first-order chi connectivity index (χ1) is 8.19. The molecule has 0 bridgehead atoms. The summed E-state index contributed by atoms with van der Waals surface area (Å²) in [6.45, 7) is 0. The van der Waals surface area contributed by atoms with Gasteiger partial charge in [-0.1, -0.05) is 6.07 Å². The van der Waals surface area contributed by atoms with Crippen molar-refractivity contribution in [2.45, 2.75) is 0 Å². The normalized spacial score (nSPS) is 13.7. The van der Waals surface area contributed by atoms with Gasteiger partial charge < -0.3 is 10.5 Å². The van der Waals surface area contributed by atoms with Crippen LogP contribution in [0.2, 0.25) is 0 Å². The molecule has 0 spiro atoms. The van der Waals surface area contributed by atoms with E-state index in [2.05, 4.69) is 4.99 Å². The molecule has 0 radical (unpaired) electrons. The van der Waals surface area contributed by atoms with Crippen LogP contribution in [-0.4, -0.2) is 18.8 Å². The zero-order valence-corrected chi connectivity index (χ0v) is 9.32. The third kappa shape index (κ3) is 1.38. The Morgan fingerprint density at radius 2 is 1.88 bits per heavy atom. The molecule has 0 unspecified atom stereocenters. The van der Waals surface area contributed by atoms with Gasteiger partial charge in [0, 0.05) is 11.1 Å². The minimum Gasteiger partial charge on any atom is -0.497 e. The van der Waals surface area contributed by atoms with E-state index in [9.17, 15) is 0 Å². The molecule has 84 valence electrons. The van der Waals surface area contributed by atoms with Gasteiger partial charge in [0.2, 0.25) is 0 Å². The van der Waals surface area contributed by atoms with Crippen molar-refractivity contribution in [3.63, 3.8) is 0 Å². The number of nitrogens with one attached hydrogen (secondary N) is 1. The zero-order chi connectivity index (χ0) is 12.0. The van der Waals surface area contributed by atoms with E-state index in [1.807, 2.05) is 30.3 Å². The summed E-state index contributed by atoms with van der Waals surface area (Å²) < 4.78 is 5.18. The number of ether oxygens (including phenoxy) is 1. The fourth-order valence-corrected chi connectivity index (χ4v) is 2.05. The molecule has 0 fully saturated rings. The SMILES string of the molecule is COc1ccc2cc3c(cc2c1)C(=N)N=C3N. The fourth-order valence-electron chi connectivity index (χ4n) is 2.05. The molecule has 3 rings (SSSR count). The lowest BCUT2D eigenvalue weighted by atomic mass is 10.0. The van der Waals surface area contributed by atoms with E-state index in [-0.39, 0.29) is 5.84 Å². The van der Waals surface area contributed by atoms with Crippen molar-refractivity contribution in [2.24, 2.45) is 10.7 Å². The van der Waals surface area contributed by atoms with Crippen molar-refractivity contribution in [1.82, 2.24) is 0 Å². The molecule has 2 aromatic rings. The van der Waals surface area contributed by atoms with Crippen molar-refractivity contribution in [1.29, 1.82) is 5.41 Å². The molecular formula is C13H11N3O. The van der Waals surface area contributed by atoms with E-state index in [4.69, 9.17) is 15.9 Å². The molecule has 0 amide bonds. The highest BCUT2D eigenvalue weighted by atomic mass is 16.5. The summed E-state index contributed by atoms with van der Waals surface area (Å²) >= 11 is 0. The van der Waals surface area contributed by atoms with Crippen molar-refractivity contribution in [3.8, 4) is 5.75 Å². The molecule has 2 aromatic carbocycles. The summed E-state index contributed by atoms with van der Waals surface area (Å²) in [7, 11) is 1.64. The minimum absolute atomic E-state index is 0.224. The Balaban J connectivity index is 2.30. The monoisotopic (exact) mass is 225 g/mol. The van der Waals surface area contributed by atoms with Crippen molar-refractivity contribution < 1.29 is 4.74 Å². The maximum absolute atomic E-state index is 7.74. The van der Waals surface area contributed by atoms with E-state index in [0.29, 0.717) is 5.84 Å². The molecule has 0 atom stereocenters. The molecule has 1 aliphatic heterocycles. The Morgan fingerprint density at radius 3 is 2.65 bits per heavy atom. The average Bonchev–Trinajstić information content (AvgIpc) is 2.62. The number of amidine groups is 2. The highest BCUT2D eigenvalue weighted by Crippen LogP contribution is 2.27. The second kappa shape index (κ2) is 3.31. The van der Waals surface area contributed by atoms with Gasteiger partial charge in [-0.25, -0.2) is 4.99 Å². The summed E-state index contributed by atoms with van der Waals surface area (Å²) in [5.74, 6) is 1.45. The maximum Gasteiger partial charge on any atom is 0.154 e. The second-order valence-corrected chi connectivity index (χ2v) is 3.96. The summed E-state index contributed by atoms with van der Waals surface area (Å²) in [5.41, 5.74) is 7.39. The lowest BCUT2D eigenvalue weighted by Crippen LogP contribution is -2.10. The second-order valence-electron chi connectivity index (χ2n) is 3.96. The molecule has 1 heterocycles. The molecule has 3 N–H and O–H groups in total. The van der Waals surface area contributed by atoms with Gasteiger partial charge in [0.1, 0.15) is 11.6 Å². The summed E-state index contributed by atoms with van der Waals surface area (Å²) in [6.07, 6.45) is 0. The lowest BCUT2D eigenvalue weighted by Gasteiger charge is -2.05. The van der Waals surface area contributed by atoms with Crippen LogP contribution in [0, 0.1) is 5.41 Å². The van der Waals surface area contributed by atoms with Gasteiger partial charge in [0.25, 0.3) is 0 Å². The van der Waals surface area contributed by atoms with Gasteiger partial charge >= 0.3 is 0 Å². The Morgan fingerprint density at radius 1 is 1.12 bits per heavy atom. The maximum atomic E-state index is 7.74. The van der Waals surface area contributed by atoms with Gasteiger partial charge in [-0.3, -0.25) is 5.41 Å². The van der Waals surface area contributed by atoms with Crippen LogP contribution >= 0.6 is 0 Å². The predicted octanol–water partition coefficient (Wildman–Crippen LogP) is 1.89. The molecule has 0 aliphatic carbocycles.